The summed E-state index contributed by atoms with van der Waals surface area (Å²) in [7, 11) is 0. The second-order valence-electron chi connectivity index (χ2n) is 5.38. The van der Waals surface area contributed by atoms with Gasteiger partial charge in [0.2, 0.25) is 0 Å². The van der Waals surface area contributed by atoms with E-state index >= 15 is 0 Å². The first-order valence-electron chi connectivity index (χ1n) is 6.56. The molecule has 17 heavy (non-hydrogen) atoms. The fraction of sp³-hybridized carbons (Fsp3) is 0.857. The van der Waals surface area contributed by atoms with Gasteiger partial charge < -0.3 is 22.0 Å². The van der Waals surface area contributed by atoms with Crippen molar-refractivity contribution in [3.63, 3.8) is 0 Å². The molecule has 0 amide bonds. The molecule has 0 aromatic heterocycles. The van der Waals surface area contributed by atoms with Gasteiger partial charge in [0.1, 0.15) is 0 Å². The normalized spacial score (nSPS) is 24.7. The monoisotopic (exact) mass is 315 g/mol. The molecule has 0 heterocycles. The summed E-state index contributed by atoms with van der Waals surface area (Å²) in [6.07, 6.45) is 8.53. The van der Waals surface area contributed by atoms with Crippen molar-refractivity contribution in [2.75, 3.05) is 0 Å². The fourth-order valence-electron chi connectivity index (χ4n) is 2.19. The molecular formula is C14H26O2Y-2. The number of aliphatic hydroxyl groups is 2. The van der Waals surface area contributed by atoms with E-state index in [0.717, 1.165) is 51.4 Å². The van der Waals surface area contributed by atoms with Crippen LogP contribution >= 0.6 is 0 Å². The third-order valence-corrected chi connectivity index (χ3v) is 3.62. The van der Waals surface area contributed by atoms with Crippen molar-refractivity contribution in [3.8, 4) is 0 Å². The van der Waals surface area contributed by atoms with Crippen LogP contribution in [0.2, 0.25) is 0 Å². The van der Waals surface area contributed by atoms with Crippen molar-refractivity contribution in [3.05, 3.63) is 11.8 Å². The smallest absolute Gasteiger partial charge is 0.0491 e. The summed E-state index contributed by atoms with van der Waals surface area (Å²) < 4.78 is 0. The molecule has 0 unspecified atom stereocenters. The molecule has 0 aliphatic heterocycles. The molecule has 1 radical (unpaired) electrons. The van der Waals surface area contributed by atoms with Crippen LogP contribution in [-0.2, 0) is 32.7 Å². The maximum absolute atomic E-state index is 9.01. The summed E-state index contributed by atoms with van der Waals surface area (Å²) in [5.74, 6) is 3.10. The molecule has 2 aliphatic carbocycles. The average molecular weight is 315 g/mol. The molecule has 2 saturated carbocycles. The Kier molecular flexibility index (Phi) is 10.5. The Bertz CT molecular complexity index is 131. The molecule has 99 valence electrons. The van der Waals surface area contributed by atoms with E-state index in [9.17, 15) is 0 Å². The maximum Gasteiger partial charge on any atom is 0.0491 e. The molecule has 2 aliphatic rings. The van der Waals surface area contributed by atoms with E-state index < -0.39 is 0 Å². The number of aliphatic hydroxyl groups excluding tert-OH is 2. The summed E-state index contributed by atoms with van der Waals surface area (Å²) in [4.78, 5) is 0. The molecule has 0 aromatic carbocycles. The zero-order chi connectivity index (χ0) is 12.0. The zero-order valence-electron chi connectivity index (χ0n) is 11.3. The van der Waals surface area contributed by atoms with Crippen molar-refractivity contribution < 1.29 is 42.9 Å². The van der Waals surface area contributed by atoms with Crippen molar-refractivity contribution in [2.45, 2.75) is 77.4 Å². The predicted molar refractivity (Wildman–Crippen MR) is 66.8 cm³/mol. The second kappa shape index (κ2) is 9.89. The summed E-state index contributed by atoms with van der Waals surface area (Å²) >= 11 is 0. The Morgan fingerprint density at radius 1 is 0.706 bits per heavy atom. The molecule has 2 fully saturated rings. The van der Waals surface area contributed by atoms with Crippen LogP contribution in [0.5, 0.6) is 0 Å². The minimum Gasteiger partial charge on any atom is -0.393 e. The van der Waals surface area contributed by atoms with E-state index in [2.05, 4.69) is 13.8 Å². The van der Waals surface area contributed by atoms with Crippen LogP contribution in [0.4, 0.5) is 0 Å². The number of rotatable bonds is 0. The van der Waals surface area contributed by atoms with Crippen LogP contribution in [0.3, 0.4) is 0 Å². The van der Waals surface area contributed by atoms with Gasteiger partial charge in [-0.1, -0.05) is 25.7 Å². The standard InChI is InChI=1S/2C7H13O.Y/c2*1-6-2-4-7(8)5-3-6;/h2*7-8H,2-5H2,1H3;/q2*-1;. The summed E-state index contributed by atoms with van der Waals surface area (Å²) in [5, 5.41) is 18.0. The van der Waals surface area contributed by atoms with Gasteiger partial charge in [0.05, 0.1) is 0 Å². The molecule has 0 aromatic rings. The SMILES string of the molecule is C[C-]1CCC(O)CC1.C[C-]1CCC(O)CC1.[Y]. The van der Waals surface area contributed by atoms with Gasteiger partial charge >= 0.3 is 0 Å². The summed E-state index contributed by atoms with van der Waals surface area (Å²) in [6, 6.07) is 0. The molecular weight excluding hydrogens is 289 g/mol. The minimum atomic E-state index is -0.00120. The first-order chi connectivity index (χ1) is 7.58. The summed E-state index contributed by atoms with van der Waals surface area (Å²) in [5.41, 5.74) is 0. The Balaban J connectivity index is 0.000000284. The van der Waals surface area contributed by atoms with Gasteiger partial charge in [-0.25, -0.2) is 0 Å². The topological polar surface area (TPSA) is 40.5 Å². The first-order valence-corrected chi connectivity index (χ1v) is 6.56. The predicted octanol–water partition coefficient (Wildman–Crippen LogP) is 3.03. The van der Waals surface area contributed by atoms with E-state index in [1.807, 2.05) is 0 Å². The average Bonchev–Trinajstić information content (AvgIpc) is 2.28. The van der Waals surface area contributed by atoms with Crippen molar-refractivity contribution in [1.82, 2.24) is 0 Å². The van der Waals surface area contributed by atoms with E-state index in [1.54, 1.807) is 11.8 Å². The van der Waals surface area contributed by atoms with E-state index in [0.29, 0.717) is 0 Å². The molecule has 3 heteroatoms. The van der Waals surface area contributed by atoms with Crippen LogP contribution in [0, 0.1) is 11.8 Å². The molecule has 0 saturated heterocycles. The van der Waals surface area contributed by atoms with E-state index in [-0.39, 0.29) is 44.9 Å². The Labute approximate surface area is 131 Å². The van der Waals surface area contributed by atoms with E-state index in [4.69, 9.17) is 10.2 Å². The molecule has 0 spiro atoms. The maximum atomic E-state index is 9.01. The third kappa shape index (κ3) is 8.69. The molecule has 0 bridgehead atoms. The molecule has 2 rings (SSSR count). The Morgan fingerprint density at radius 2 is 0.941 bits per heavy atom. The Morgan fingerprint density at radius 3 is 1.12 bits per heavy atom. The number of hydrogen-bond acceptors (Lipinski definition) is 2. The molecule has 2 nitrogen and oxygen atoms in total. The molecule has 0 atom stereocenters. The van der Waals surface area contributed by atoms with Gasteiger partial charge in [-0.15, -0.1) is 0 Å². The van der Waals surface area contributed by atoms with Crippen LogP contribution in [0.25, 0.3) is 0 Å². The first kappa shape index (κ1) is 18.0. The van der Waals surface area contributed by atoms with Crippen molar-refractivity contribution in [1.29, 1.82) is 0 Å². The fourth-order valence-corrected chi connectivity index (χ4v) is 2.19. The van der Waals surface area contributed by atoms with Crippen LogP contribution in [0.15, 0.2) is 0 Å². The van der Waals surface area contributed by atoms with E-state index in [1.165, 1.54) is 0 Å². The molecule has 2 N–H and O–H groups in total. The Hall–Kier alpha value is 1.02. The van der Waals surface area contributed by atoms with Gasteiger partial charge in [0.15, 0.2) is 0 Å². The third-order valence-electron chi connectivity index (χ3n) is 3.62. The van der Waals surface area contributed by atoms with Crippen molar-refractivity contribution >= 4 is 0 Å². The largest absolute Gasteiger partial charge is 0.393 e. The zero-order valence-corrected chi connectivity index (χ0v) is 14.1. The van der Waals surface area contributed by atoms with Gasteiger partial charge in [0, 0.05) is 44.9 Å². The second-order valence-corrected chi connectivity index (χ2v) is 5.38. The quantitative estimate of drug-likeness (QED) is 0.675. The minimum absolute atomic E-state index is 0. The van der Waals surface area contributed by atoms with Crippen LogP contribution in [0.1, 0.15) is 65.2 Å². The van der Waals surface area contributed by atoms with Gasteiger partial charge in [-0.3, -0.25) is 0 Å². The van der Waals surface area contributed by atoms with Crippen molar-refractivity contribution in [2.24, 2.45) is 0 Å². The van der Waals surface area contributed by atoms with Crippen LogP contribution < -0.4 is 0 Å². The summed E-state index contributed by atoms with van der Waals surface area (Å²) in [6.45, 7) is 4.34. The van der Waals surface area contributed by atoms with Crippen LogP contribution in [-0.4, -0.2) is 22.4 Å². The number of hydrogen-bond donors (Lipinski definition) is 2. The van der Waals surface area contributed by atoms with Gasteiger partial charge in [0.25, 0.3) is 0 Å². The van der Waals surface area contributed by atoms with Gasteiger partial charge in [-0.05, 0) is 0 Å². The van der Waals surface area contributed by atoms with Gasteiger partial charge in [-0.2, -0.15) is 39.5 Å².